The highest BCUT2D eigenvalue weighted by atomic mass is 16.4. The lowest BCUT2D eigenvalue weighted by molar-refractivity contribution is -0.139. The molecular formula is C17H16O2. The third-order valence-electron chi connectivity index (χ3n) is 4.37. The average molecular weight is 252 g/mol. The van der Waals surface area contributed by atoms with Gasteiger partial charge in [0.05, 0.1) is 5.92 Å². The summed E-state index contributed by atoms with van der Waals surface area (Å²) in [6.45, 7) is 2.03. The van der Waals surface area contributed by atoms with Crippen molar-refractivity contribution in [3.05, 3.63) is 71.8 Å². The van der Waals surface area contributed by atoms with E-state index < -0.39 is 5.97 Å². The highest BCUT2D eigenvalue weighted by molar-refractivity contribution is 5.80. The molecule has 2 heteroatoms. The fourth-order valence-corrected chi connectivity index (χ4v) is 3.45. The van der Waals surface area contributed by atoms with E-state index in [1.807, 2.05) is 67.6 Å². The van der Waals surface area contributed by atoms with Crippen LogP contribution in [0.2, 0.25) is 0 Å². The highest BCUT2D eigenvalue weighted by Gasteiger charge is 2.67. The number of carboxylic acid groups (broad SMARTS) is 1. The Morgan fingerprint density at radius 3 is 1.68 bits per heavy atom. The van der Waals surface area contributed by atoms with Gasteiger partial charge in [-0.15, -0.1) is 0 Å². The van der Waals surface area contributed by atoms with Crippen LogP contribution in [0.3, 0.4) is 0 Å². The van der Waals surface area contributed by atoms with E-state index in [0.29, 0.717) is 0 Å². The first kappa shape index (κ1) is 12.0. The number of benzene rings is 2. The maximum atomic E-state index is 11.5. The van der Waals surface area contributed by atoms with Crippen molar-refractivity contribution in [1.29, 1.82) is 0 Å². The molecule has 2 aromatic carbocycles. The molecule has 2 atom stereocenters. The monoisotopic (exact) mass is 252 g/mol. The van der Waals surface area contributed by atoms with Crippen molar-refractivity contribution in [2.75, 3.05) is 0 Å². The van der Waals surface area contributed by atoms with Crippen molar-refractivity contribution >= 4 is 5.97 Å². The molecule has 0 aromatic heterocycles. The van der Waals surface area contributed by atoms with Gasteiger partial charge in [0.25, 0.3) is 0 Å². The number of carboxylic acids is 1. The van der Waals surface area contributed by atoms with Crippen molar-refractivity contribution in [3.63, 3.8) is 0 Å². The molecule has 1 aliphatic rings. The molecule has 1 N–H and O–H groups in total. The van der Waals surface area contributed by atoms with E-state index in [1.165, 1.54) is 0 Å². The first-order valence-electron chi connectivity index (χ1n) is 6.53. The average Bonchev–Trinajstić information content (AvgIpc) is 3.08. The largest absolute Gasteiger partial charge is 0.481 e. The molecular weight excluding hydrogens is 236 g/mol. The molecule has 19 heavy (non-hydrogen) atoms. The number of rotatable bonds is 3. The minimum atomic E-state index is -0.708. The van der Waals surface area contributed by atoms with Crippen LogP contribution in [0.25, 0.3) is 0 Å². The minimum absolute atomic E-state index is 0.120. The van der Waals surface area contributed by atoms with Crippen LogP contribution in [0, 0.1) is 11.8 Å². The Hall–Kier alpha value is -2.09. The molecule has 0 amide bonds. The standard InChI is InChI=1S/C17H16O2/c1-12-15(16(18)19)17(12,13-8-4-2-5-9-13)14-10-6-3-7-11-14/h2-12,15H,1H3,(H,18,19)/t12-,15+/m0/s1. The maximum absolute atomic E-state index is 11.5. The SMILES string of the molecule is C[C@H]1[C@H](C(=O)O)C1(c1ccccc1)c1ccccc1. The second kappa shape index (κ2) is 4.23. The first-order valence-corrected chi connectivity index (χ1v) is 6.53. The Morgan fingerprint density at radius 1 is 0.947 bits per heavy atom. The number of hydrogen-bond donors (Lipinski definition) is 1. The van der Waals surface area contributed by atoms with E-state index >= 15 is 0 Å². The molecule has 1 aliphatic carbocycles. The predicted octanol–water partition coefficient (Wildman–Crippen LogP) is 3.32. The fraction of sp³-hybridized carbons (Fsp3) is 0.235. The smallest absolute Gasteiger partial charge is 0.308 e. The summed E-state index contributed by atoms with van der Waals surface area (Å²) in [5.41, 5.74) is 1.83. The van der Waals surface area contributed by atoms with Crippen LogP contribution in [-0.4, -0.2) is 11.1 Å². The predicted molar refractivity (Wildman–Crippen MR) is 74.0 cm³/mol. The molecule has 0 bridgehead atoms. The van der Waals surface area contributed by atoms with Gasteiger partial charge in [-0.25, -0.2) is 0 Å². The Bertz CT molecular complexity index is 550. The van der Waals surface area contributed by atoms with Gasteiger partial charge in [0.1, 0.15) is 0 Å². The minimum Gasteiger partial charge on any atom is -0.481 e. The van der Waals surface area contributed by atoms with Gasteiger partial charge in [-0.1, -0.05) is 67.6 Å². The van der Waals surface area contributed by atoms with Gasteiger partial charge in [-0.05, 0) is 17.0 Å². The normalized spacial score (nSPS) is 23.8. The Kier molecular flexibility index (Phi) is 2.67. The quantitative estimate of drug-likeness (QED) is 0.909. The molecule has 0 aliphatic heterocycles. The molecule has 96 valence electrons. The Balaban J connectivity index is 2.17. The van der Waals surface area contributed by atoms with Crippen LogP contribution in [0.4, 0.5) is 0 Å². The van der Waals surface area contributed by atoms with Crippen LogP contribution in [0.5, 0.6) is 0 Å². The molecule has 3 rings (SSSR count). The molecule has 0 unspecified atom stereocenters. The molecule has 1 saturated carbocycles. The summed E-state index contributed by atoms with van der Waals surface area (Å²) in [6.07, 6.45) is 0. The highest BCUT2D eigenvalue weighted by Crippen LogP contribution is 2.63. The summed E-state index contributed by atoms with van der Waals surface area (Å²) in [5, 5.41) is 9.48. The Labute approximate surface area is 112 Å². The molecule has 0 heterocycles. The zero-order valence-electron chi connectivity index (χ0n) is 10.8. The van der Waals surface area contributed by atoms with Crippen molar-refractivity contribution in [2.45, 2.75) is 12.3 Å². The van der Waals surface area contributed by atoms with Crippen LogP contribution in [0.1, 0.15) is 18.1 Å². The van der Waals surface area contributed by atoms with Gasteiger partial charge >= 0.3 is 5.97 Å². The molecule has 1 fully saturated rings. The molecule has 0 saturated heterocycles. The van der Waals surface area contributed by atoms with E-state index in [4.69, 9.17) is 0 Å². The van der Waals surface area contributed by atoms with Gasteiger partial charge in [0.2, 0.25) is 0 Å². The number of aliphatic carboxylic acids is 1. The Morgan fingerprint density at radius 2 is 1.37 bits per heavy atom. The second-order valence-electron chi connectivity index (χ2n) is 5.21. The number of carbonyl (C=O) groups is 1. The van der Waals surface area contributed by atoms with E-state index in [1.54, 1.807) is 0 Å². The van der Waals surface area contributed by atoms with E-state index in [-0.39, 0.29) is 17.3 Å². The van der Waals surface area contributed by atoms with E-state index in [0.717, 1.165) is 11.1 Å². The zero-order chi connectivity index (χ0) is 13.5. The van der Waals surface area contributed by atoms with Crippen molar-refractivity contribution in [1.82, 2.24) is 0 Å². The van der Waals surface area contributed by atoms with Gasteiger partial charge < -0.3 is 5.11 Å². The lowest BCUT2D eigenvalue weighted by atomic mass is 9.84. The third kappa shape index (κ3) is 1.60. The lowest BCUT2D eigenvalue weighted by Crippen LogP contribution is -2.17. The molecule has 0 spiro atoms. The van der Waals surface area contributed by atoms with Gasteiger partial charge in [-0.3, -0.25) is 4.79 Å². The first-order chi connectivity index (χ1) is 9.19. The lowest BCUT2D eigenvalue weighted by Gasteiger charge is -2.18. The van der Waals surface area contributed by atoms with Crippen LogP contribution in [-0.2, 0) is 10.2 Å². The fourth-order valence-electron chi connectivity index (χ4n) is 3.45. The van der Waals surface area contributed by atoms with Gasteiger partial charge in [-0.2, -0.15) is 0 Å². The molecule has 0 radical (unpaired) electrons. The summed E-state index contributed by atoms with van der Waals surface area (Å²) < 4.78 is 0. The van der Waals surface area contributed by atoms with Gasteiger partial charge in [0, 0.05) is 5.41 Å². The molecule has 2 nitrogen and oxygen atoms in total. The van der Waals surface area contributed by atoms with Crippen molar-refractivity contribution in [2.24, 2.45) is 11.8 Å². The summed E-state index contributed by atoms with van der Waals surface area (Å²) in [6, 6.07) is 20.0. The number of hydrogen-bond acceptors (Lipinski definition) is 1. The van der Waals surface area contributed by atoms with E-state index in [9.17, 15) is 9.90 Å². The maximum Gasteiger partial charge on any atom is 0.308 e. The summed E-state index contributed by atoms with van der Waals surface area (Å²) in [4.78, 5) is 11.5. The van der Waals surface area contributed by atoms with Crippen molar-refractivity contribution in [3.8, 4) is 0 Å². The zero-order valence-corrected chi connectivity index (χ0v) is 10.8. The summed E-state index contributed by atoms with van der Waals surface area (Å²) in [7, 11) is 0. The van der Waals surface area contributed by atoms with Gasteiger partial charge in [0.15, 0.2) is 0 Å². The van der Waals surface area contributed by atoms with Crippen LogP contribution >= 0.6 is 0 Å². The van der Waals surface area contributed by atoms with Crippen LogP contribution in [0.15, 0.2) is 60.7 Å². The van der Waals surface area contributed by atoms with Crippen molar-refractivity contribution < 1.29 is 9.90 Å². The third-order valence-corrected chi connectivity index (χ3v) is 4.37. The van der Waals surface area contributed by atoms with Crippen LogP contribution < -0.4 is 0 Å². The summed E-state index contributed by atoms with van der Waals surface area (Å²) >= 11 is 0. The van der Waals surface area contributed by atoms with E-state index in [2.05, 4.69) is 0 Å². The summed E-state index contributed by atoms with van der Waals surface area (Å²) in [5.74, 6) is -0.924. The second-order valence-corrected chi connectivity index (χ2v) is 5.21. The topological polar surface area (TPSA) is 37.3 Å². The molecule has 2 aromatic rings.